The van der Waals surface area contributed by atoms with Crippen LogP contribution in [0.1, 0.15) is 91.9 Å². The molecule has 0 bridgehead atoms. The van der Waals surface area contributed by atoms with E-state index in [-0.39, 0.29) is 63.7 Å². The number of carbonyl (C=O) groups is 11. The van der Waals surface area contributed by atoms with Gasteiger partial charge in [0.25, 0.3) is 0 Å². The number of nitrogens with two attached hydrogens (primary N) is 8. The first-order valence-corrected chi connectivity index (χ1v) is 23.5. The van der Waals surface area contributed by atoms with E-state index in [0.717, 1.165) is 0 Å². The predicted octanol–water partition coefficient (Wildman–Crippen LogP) is -8.41. The molecule has 0 aliphatic rings. The molecule has 0 aliphatic carbocycles. The molecule has 0 heterocycles. The van der Waals surface area contributed by atoms with E-state index in [1.807, 2.05) is 0 Å². The van der Waals surface area contributed by atoms with Crippen LogP contribution in [0.3, 0.4) is 0 Å². The van der Waals surface area contributed by atoms with E-state index in [4.69, 9.17) is 45.9 Å². The number of nitrogens with zero attached hydrogens (tertiary/aromatic N) is 2. The first-order valence-electron chi connectivity index (χ1n) is 23.5. The second-order valence-corrected chi connectivity index (χ2v) is 17.5. The third kappa shape index (κ3) is 27.1. The van der Waals surface area contributed by atoms with Gasteiger partial charge < -0.3 is 98.6 Å². The van der Waals surface area contributed by atoms with E-state index in [2.05, 4.69) is 52.5 Å². The summed E-state index contributed by atoms with van der Waals surface area (Å²) in [7, 11) is 0. The summed E-state index contributed by atoms with van der Waals surface area (Å²) in [4.78, 5) is 152. The minimum Gasteiger partial charge on any atom is -0.480 e. The number of aliphatic imine (C=N–C) groups is 2. The molecule has 8 atom stereocenters. The SMILES string of the molecule is CC(C)[C@H](NC(=O)CN)C(=O)N[C@@H](CCCN=C(N)N)C(=O)N[C@H](C(=O)N[C@@H](CCC(N)=O)C(=O)N[C@@H](CCCN=C(N)N)C(=O)N[C@@H](CC(N)=O)C(=O)N[C@@H](CO)C(=O)N[C@@H](CCCCN)C(=O)O)C(C)C. The number of carbonyl (C=O) groups excluding carboxylic acids is 10. The van der Waals surface area contributed by atoms with Crippen LogP contribution in [-0.2, 0) is 52.7 Å². The van der Waals surface area contributed by atoms with E-state index in [1.54, 1.807) is 27.7 Å². The number of carboxylic acid groups (broad SMARTS) is 1. The molecule has 0 aromatic heterocycles. The maximum absolute atomic E-state index is 14.1. The summed E-state index contributed by atoms with van der Waals surface area (Å²) in [6.07, 6.45) is -1.26. The van der Waals surface area contributed by atoms with Crippen LogP contribution < -0.4 is 88.4 Å². The second-order valence-electron chi connectivity index (χ2n) is 17.5. The highest BCUT2D eigenvalue weighted by Gasteiger charge is 2.36. The molecule has 26 N–H and O–H groups in total. The third-order valence-corrected chi connectivity index (χ3v) is 10.6. The molecule has 31 heteroatoms. The molecule has 73 heavy (non-hydrogen) atoms. The number of carboxylic acids is 1. The number of unbranched alkanes of at least 4 members (excludes halogenated alkanes) is 1. The lowest BCUT2D eigenvalue weighted by molar-refractivity contribution is -0.143. The van der Waals surface area contributed by atoms with Gasteiger partial charge in [-0.15, -0.1) is 0 Å². The number of aliphatic hydroxyl groups excluding tert-OH is 1. The molecule has 414 valence electrons. The molecule has 31 nitrogen and oxygen atoms in total. The number of amides is 10. The third-order valence-electron chi connectivity index (χ3n) is 10.6. The van der Waals surface area contributed by atoms with Crippen molar-refractivity contribution in [2.45, 2.75) is 140 Å². The molecule has 0 rings (SSSR count). The van der Waals surface area contributed by atoms with E-state index in [9.17, 15) is 63.0 Å². The summed E-state index contributed by atoms with van der Waals surface area (Å²) in [5, 5.41) is 38.7. The van der Waals surface area contributed by atoms with Crippen molar-refractivity contribution in [2.75, 3.05) is 32.8 Å². The van der Waals surface area contributed by atoms with Crippen molar-refractivity contribution in [3.8, 4) is 0 Å². The van der Waals surface area contributed by atoms with Crippen LogP contribution >= 0.6 is 0 Å². The largest absolute Gasteiger partial charge is 0.480 e. The highest BCUT2D eigenvalue weighted by molar-refractivity contribution is 5.99. The zero-order chi connectivity index (χ0) is 56.0. The van der Waals surface area contributed by atoms with E-state index in [1.165, 1.54) is 0 Å². The van der Waals surface area contributed by atoms with Crippen molar-refractivity contribution in [3.05, 3.63) is 0 Å². The summed E-state index contributed by atoms with van der Waals surface area (Å²) in [5.41, 5.74) is 43.4. The number of rotatable bonds is 37. The predicted molar refractivity (Wildman–Crippen MR) is 264 cm³/mol. The molecule has 10 amide bonds. The van der Waals surface area contributed by atoms with Crippen LogP contribution in [0.5, 0.6) is 0 Å². The minimum atomic E-state index is -1.86. The van der Waals surface area contributed by atoms with Gasteiger partial charge in [-0.3, -0.25) is 57.9 Å². The van der Waals surface area contributed by atoms with Crippen LogP contribution in [0, 0.1) is 11.8 Å². The highest BCUT2D eigenvalue weighted by atomic mass is 16.4. The van der Waals surface area contributed by atoms with Gasteiger partial charge in [0.1, 0.15) is 48.3 Å². The molecule has 0 spiro atoms. The standard InChI is InChI=1S/C42H78N18O13/c1-20(2)31(59-30(64)18-44)38(70)54-23(11-8-16-52-42(49)50)35(67)60-32(21(3)4)39(71)55-24(12-13-28(45)62)34(66)53-22(10-7-15-51-41(47)48)33(65)57-26(17-29(46)63)36(68)58-27(19-61)37(69)56-25(40(72)73)9-5-6-14-43/h20-27,31-32,61H,5-19,43-44H2,1-4H3,(H2,45,62)(H2,46,63)(H,53,66)(H,54,70)(H,55,71)(H,56,69)(H,57,65)(H,58,68)(H,59,64)(H,60,67)(H,72,73)(H4,47,48,51)(H4,49,50,52)/t22-,23-,24-,25-,26-,27-,31-,32-/m0/s1. The first kappa shape index (κ1) is 65.6. The zero-order valence-electron chi connectivity index (χ0n) is 41.8. The van der Waals surface area contributed by atoms with Crippen molar-refractivity contribution in [1.29, 1.82) is 0 Å². The maximum atomic E-state index is 14.1. The average Bonchev–Trinajstić information content (AvgIpc) is 3.30. The molecular formula is C42H78N18O13. The Morgan fingerprint density at radius 2 is 0.836 bits per heavy atom. The molecule has 0 aliphatic heterocycles. The van der Waals surface area contributed by atoms with Gasteiger partial charge in [-0.05, 0) is 69.7 Å². The molecule has 0 aromatic rings. The van der Waals surface area contributed by atoms with Gasteiger partial charge in [-0.25, -0.2) is 4.79 Å². The monoisotopic (exact) mass is 1040 g/mol. The van der Waals surface area contributed by atoms with Gasteiger partial charge in [0, 0.05) is 19.5 Å². The number of aliphatic hydroxyl groups is 1. The van der Waals surface area contributed by atoms with Crippen molar-refractivity contribution in [1.82, 2.24) is 42.5 Å². The fraction of sp³-hybridized carbons (Fsp3) is 0.690. The number of aliphatic carboxylic acids is 1. The maximum Gasteiger partial charge on any atom is 0.326 e. The topological polar surface area (TPSA) is 557 Å². The highest BCUT2D eigenvalue weighted by Crippen LogP contribution is 2.11. The van der Waals surface area contributed by atoms with Crippen molar-refractivity contribution >= 4 is 77.0 Å². The van der Waals surface area contributed by atoms with Crippen LogP contribution in [0.2, 0.25) is 0 Å². The quantitative estimate of drug-likeness (QED) is 0.0156. The normalized spacial score (nSPS) is 14.2. The molecule has 0 radical (unpaired) electrons. The molecule has 0 fully saturated rings. The second kappa shape index (κ2) is 34.8. The molecular weight excluding hydrogens is 965 g/mol. The fourth-order valence-corrected chi connectivity index (χ4v) is 6.62. The average molecular weight is 1040 g/mol. The number of primary amides is 2. The summed E-state index contributed by atoms with van der Waals surface area (Å²) in [6.45, 7) is 5.14. The van der Waals surface area contributed by atoms with E-state index >= 15 is 0 Å². The molecule has 0 unspecified atom stereocenters. The number of hydrogen-bond acceptors (Lipinski definition) is 16. The fourth-order valence-electron chi connectivity index (χ4n) is 6.62. The molecule has 0 saturated heterocycles. The van der Waals surface area contributed by atoms with Gasteiger partial charge in [0.15, 0.2) is 11.9 Å². The van der Waals surface area contributed by atoms with Crippen LogP contribution in [-0.4, -0.2) is 168 Å². The van der Waals surface area contributed by atoms with Gasteiger partial charge in [-0.2, -0.15) is 0 Å². The van der Waals surface area contributed by atoms with E-state index < -0.39 is 158 Å². The Hall–Kier alpha value is -7.41. The lowest BCUT2D eigenvalue weighted by Crippen LogP contribution is -2.61. The minimum absolute atomic E-state index is 0.00748. The molecule has 0 saturated carbocycles. The summed E-state index contributed by atoms with van der Waals surface area (Å²) in [5.74, 6) is -12.9. The molecule has 0 aromatic carbocycles. The Kier molecular flexibility index (Phi) is 31.3. The number of hydrogen-bond donors (Lipinski definition) is 18. The van der Waals surface area contributed by atoms with Gasteiger partial charge >= 0.3 is 5.97 Å². The van der Waals surface area contributed by atoms with Crippen LogP contribution in [0.25, 0.3) is 0 Å². The van der Waals surface area contributed by atoms with Gasteiger partial charge in [0.2, 0.25) is 59.1 Å². The summed E-state index contributed by atoms with van der Waals surface area (Å²) >= 11 is 0. The number of guanidine groups is 2. The van der Waals surface area contributed by atoms with Crippen molar-refractivity contribution < 1.29 is 63.0 Å². The Bertz CT molecular complexity index is 1940. The Labute approximate surface area is 422 Å². The Balaban J connectivity index is 6.80. The zero-order valence-corrected chi connectivity index (χ0v) is 41.8. The van der Waals surface area contributed by atoms with Crippen molar-refractivity contribution in [2.24, 2.45) is 67.7 Å². The van der Waals surface area contributed by atoms with Crippen LogP contribution in [0.15, 0.2) is 9.98 Å². The van der Waals surface area contributed by atoms with Gasteiger partial charge in [-0.1, -0.05) is 27.7 Å². The lowest BCUT2D eigenvalue weighted by atomic mass is 9.99. The number of nitrogens with one attached hydrogen (secondary N) is 8. The summed E-state index contributed by atoms with van der Waals surface area (Å²) < 4.78 is 0. The van der Waals surface area contributed by atoms with Gasteiger partial charge in [0.05, 0.1) is 19.6 Å². The lowest BCUT2D eigenvalue weighted by Gasteiger charge is -2.29. The van der Waals surface area contributed by atoms with E-state index in [0.29, 0.717) is 12.8 Å². The smallest absolute Gasteiger partial charge is 0.326 e. The summed E-state index contributed by atoms with van der Waals surface area (Å²) in [6, 6.07) is -12.2. The Morgan fingerprint density at radius 3 is 1.25 bits per heavy atom. The Morgan fingerprint density at radius 1 is 0.452 bits per heavy atom. The first-order chi connectivity index (χ1) is 34.2. The van der Waals surface area contributed by atoms with Crippen molar-refractivity contribution in [3.63, 3.8) is 0 Å². The van der Waals surface area contributed by atoms with Crippen LogP contribution in [0.4, 0.5) is 0 Å².